The SMILES string of the molecule is COC1CC(=O)c2ccc(-c3ccccc3)cc2-c2ccccc21. The van der Waals surface area contributed by atoms with Gasteiger partial charge in [-0.15, -0.1) is 0 Å². The predicted molar refractivity (Wildman–Crippen MR) is 96.0 cm³/mol. The maximum absolute atomic E-state index is 12.7. The molecule has 0 radical (unpaired) electrons. The van der Waals surface area contributed by atoms with Crippen LogP contribution in [-0.4, -0.2) is 12.9 Å². The summed E-state index contributed by atoms with van der Waals surface area (Å²) in [5.41, 5.74) is 6.21. The fourth-order valence-electron chi connectivity index (χ4n) is 3.44. The largest absolute Gasteiger partial charge is 0.376 e. The van der Waals surface area contributed by atoms with Crippen molar-refractivity contribution in [2.75, 3.05) is 7.11 Å². The summed E-state index contributed by atoms with van der Waals surface area (Å²) in [7, 11) is 1.67. The van der Waals surface area contributed by atoms with E-state index >= 15 is 0 Å². The van der Waals surface area contributed by atoms with E-state index in [1.807, 2.05) is 42.5 Å². The van der Waals surface area contributed by atoms with Gasteiger partial charge in [0.25, 0.3) is 0 Å². The van der Waals surface area contributed by atoms with E-state index in [0.29, 0.717) is 6.42 Å². The Kier molecular flexibility index (Phi) is 3.75. The summed E-state index contributed by atoms with van der Waals surface area (Å²) >= 11 is 0. The lowest BCUT2D eigenvalue weighted by atomic mass is 9.92. The van der Waals surface area contributed by atoms with E-state index in [1.54, 1.807) is 7.11 Å². The molecule has 0 saturated heterocycles. The van der Waals surface area contributed by atoms with Crippen LogP contribution in [0.5, 0.6) is 0 Å². The number of ketones is 1. The van der Waals surface area contributed by atoms with Gasteiger partial charge in [0.05, 0.1) is 6.10 Å². The molecule has 0 fully saturated rings. The molecule has 0 aliphatic heterocycles. The first-order valence-electron chi connectivity index (χ1n) is 8.12. The number of methoxy groups -OCH3 is 1. The van der Waals surface area contributed by atoms with Gasteiger partial charge in [-0.25, -0.2) is 0 Å². The molecule has 3 aromatic carbocycles. The van der Waals surface area contributed by atoms with Crippen LogP contribution in [0.3, 0.4) is 0 Å². The van der Waals surface area contributed by atoms with Crippen molar-refractivity contribution in [3.63, 3.8) is 0 Å². The molecule has 2 heteroatoms. The Balaban J connectivity index is 1.95. The molecule has 0 spiro atoms. The smallest absolute Gasteiger partial charge is 0.166 e. The van der Waals surface area contributed by atoms with Crippen LogP contribution in [0.15, 0.2) is 72.8 Å². The summed E-state index contributed by atoms with van der Waals surface area (Å²) in [6, 6.07) is 24.5. The number of carbonyl (C=O) groups is 1. The van der Waals surface area contributed by atoms with Gasteiger partial charge in [-0.2, -0.15) is 0 Å². The monoisotopic (exact) mass is 314 g/mol. The van der Waals surface area contributed by atoms with E-state index < -0.39 is 0 Å². The highest BCUT2D eigenvalue weighted by atomic mass is 16.5. The van der Waals surface area contributed by atoms with Crippen molar-refractivity contribution < 1.29 is 9.53 Å². The van der Waals surface area contributed by atoms with E-state index in [0.717, 1.165) is 33.4 Å². The van der Waals surface area contributed by atoms with Gasteiger partial charge in [-0.05, 0) is 33.9 Å². The van der Waals surface area contributed by atoms with Crippen LogP contribution in [0.1, 0.15) is 28.4 Å². The minimum absolute atomic E-state index is 0.132. The van der Waals surface area contributed by atoms with Crippen molar-refractivity contribution >= 4 is 5.78 Å². The topological polar surface area (TPSA) is 26.3 Å². The molecule has 0 N–H and O–H groups in total. The molecule has 0 amide bonds. The third-order valence-corrected chi connectivity index (χ3v) is 4.68. The summed E-state index contributed by atoms with van der Waals surface area (Å²) in [6.45, 7) is 0. The second-order valence-electron chi connectivity index (χ2n) is 6.07. The number of fused-ring (bicyclic) bond motifs is 3. The van der Waals surface area contributed by atoms with E-state index in [2.05, 4.69) is 30.3 Å². The van der Waals surface area contributed by atoms with Crippen LogP contribution in [0.2, 0.25) is 0 Å². The van der Waals surface area contributed by atoms with Gasteiger partial charge >= 0.3 is 0 Å². The Labute approximate surface area is 141 Å². The lowest BCUT2D eigenvalue weighted by molar-refractivity contribution is 0.0739. The zero-order valence-corrected chi connectivity index (χ0v) is 13.5. The molecule has 1 aliphatic carbocycles. The number of Topliss-reactive ketones (excluding diaryl/α,β-unsaturated/α-hetero) is 1. The number of ether oxygens (including phenoxy) is 1. The van der Waals surface area contributed by atoms with Crippen molar-refractivity contribution in [3.8, 4) is 22.3 Å². The second kappa shape index (κ2) is 6.06. The minimum Gasteiger partial charge on any atom is -0.376 e. The number of rotatable bonds is 2. The zero-order chi connectivity index (χ0) is 16.5. The highest BCUT2D eigenvalue weighted by Crippen LogP contribution is 2.40. The van der Waals surface area contributed by atoms with Crippen LogP contribution in [-0.2, 0) is 4.74 Å². The summed E-state index contributed by atoms with van der Waals surface area (Å²) in [4.78, 5) is 12.7. The average Bonchev–Trinajstić information content (AvgIpc) is 2.77. The van der Waals surface area contributed by atoms with Crippen LogP contribution < -0.4 is 0 Å². The number of carbonyl (C=O) groups excluding carboxylic acids is 1. The summed E-state index contributed by atoms with van der Waals surface area (Å²) in [5, 5.41) is 0. The fourth-order valence-corrected chi connectivity index (χ4v) is 3.44. The van der Waals surface area contributed by atoms with Gasteiger partial charge in [0.15, 0.2) is 5.78 Å². The molecular weight excluding hydrogens is 296 g/mol. The van der Waals surface area contributed by atoms with Gasteiger partial charge in [0.1, 0.15) is 0 Å². The van der Waals surface area contributed by atoms with Gasteiger partial charge < -0.3 is 4.74 Å². The predicted octanol–water partition coefficient (Wildman–Crippen LogP) is 5.29. The third kappa shape index (κ3) is 2.45. The Bertz CT molecular complexity index is 897. The highest BCUT2D eigenvalue weighted by Gasteiger charge is 2.27. The molecule has 0 heterocycles. The normalized spacial score (nSPS) is 16.2. The van der Waals surface area contributed by atoms with Crippen LogP contribution >= 0.6 is 0 Å². The molecule has 0 aromatic heterocycles. The second-order valence-corrected chi connectivity index (χ2v) is 6.07. The molecule has 0 saturated carbocycles. The minimum atomic E-state index is -0.193. The Morgan fingerprint density at radius 3 is 2.33 bits per heavy atom. The average molecular weight is 314 g/mol. The first-order chi connectivity index (χ1) is 11.8. The molecule has 3 aromatic rings. The van der Waals surface area contributed by atoms with E-state index in [4.69, 9.17) is 4.74 Å². The van der Waals surface area contributed by atoms with Gasteiger partial charge in [0.2, 0.25) is 0 Å². The first-order valence-corrected chi connectivity index (χ1v) is 8.12. The lowest BCUT2D eigenvalue weighted by Crippen LogP contribution is -2.07. The molecule has 0 bridgehead atoms. The molecule has 1 aliphatic rings. The molecular formula is C22H18O2. The quantitative estimate of drug-likeness (QED) is 0.642. The summed E-state index contributed by atoms with van der Waals surface area (Å²) in [6.07, 6.45) is 0.187. The van der Waals surface area contributed by atoms with E-state index in [-0.39, 0.29) is 11.9 Å². The molecule has 1 unspecified atom stereocenters. The molecule has 2 nitrogen and oxygen atoms in total. The number of benzene rings is 3. The van der Waals surface area contributed by atoms with Crippen molar-refractivity contribution in [2.45, 2.75) is 12.5 Å². The molecule has 118 valence electrons. The van der Waals surface area contributed by atoms with Crippen molar-refractivity contribution in [2.24, 2.45) is 0 Å². The van der Waals surface area contributed by atoms with E-state index in [9.17, 15) is 4.79 Å². The van der Waals surface area contributed by atoms with Crippen LogP contribution in [0.25, 0.3) is 22.3 Å². The van der Waals surface area contributed by atoms with Crippen molar-refractivity contribution in [3.05, 3.63) is 83.9 Å². The van der Waals surface area contributed by atoms with Crippen molar-refractivity contribution in [1.82, 2.24) is 0 Å². The highest BCUT2D eigenvalue weighted by molar-refractivity contribution is 6.05. The standard InChI is InChI=1S/C22H18O2/c1-24-22-14-21(23)18-12-11-16(15-7-3-2-4-8-15)13-20(18)17-9-5-6-10-19(17)22/h2-13,22H,14H2,1H3. The zero-order valence-electron chi connectivity index (χ0n) is 13.5. The summed E-state index contributed by atoms with van der Waals surface area (Å²) in [5.74, 6) is 0.132. The summed E-state index contributed by atoms with van der Waals surface area (Å²) < 4.78 is 5.59. The Morgan fingerprint density at radius 1 is 0.792 bits per heavy atom. The number of hydrogen-bond acceptors (Lipinski definition) is 2. The Morgan fingerprint density at radius 2 is 1.54 bits per heavy atom. The van der Waals surface area contributed by atoms with Crippen molar-refractivity contribution in [1.29, 1.82) is 0 Å². The molecule has 24 heavy (non-hydrogen) atoms. The fraction of sp³-hybridized carbons (Fsp3) is 0.136. The number of hydrogen-bond donors (Lipinski definition) is 0. The Hall–Kier alpha value is -2.71. The first kappa shape index (κ1) is 14.9. The maximum Gasteiger partial charge on any atom is 0.166 e. The van der Waals surface area contributed by atoms with Gasteiger partial charge in [0, 0.05) is 19.1 Å². The molecule has 1 atom stereocenters. The van der Waals surface area contributed by atoms with Crippen LogP contribution in [0.4, 0.5) is 0 Å². The maximum atomic E-state index is 12.7. The van der Waals surface area contributed by atoms with Gasteiger partial charge in [-0.1, -0.05) is 66.7 Å². The van der Waals surface area contributed by atoms with Crippen LogP contribution in [0, 0.1) is 0 Å². The van der Waals surface area contributed by atoms with Gasteiger partial charge in [-0.3, -0.25) is 4.79 Å². The third-order valence-electron chi connectivity index (χ3n) is 4.68. The lowest BCUT2D eigenvalue weighted by Gasteiger charge is -2.15. The van der Waals surface area contributed by atoms with E-state index in [1.165, 1.54) is 0 Å². The molecule has 4 rings (SSSR count).